The summed E-state index contributed by atoms with van der Waals surface area (Å²) in [4.78, 5) is 2.44. The van der Waals surface area contributed by atoms with Crippen LogP contribution in [0, 0.1) is 0 Å². The van der Waals surface area contributed by atoms with Crippen LogP contribution >= 0.6 is 0 Å². The van der Waals surface area contributed by atoms with Gasteiger partial charge in [-0.25, -0.2) is 0 Å². The second kappa shape index (κ2) is 16.5. The summed E-state index contributed by atoms with van der Waals surface area (Å²) in [5.41, 5.74) is 18.8. The summed E-state index contributed by atoms with van der Waals surface area (Å²) in [6.45, 7) is 0. The second-order valence-corrected chi connectivity index (χ2v) is 18.8. The average molecular weight is 903 g/mol. The fourth-order valence-corrected chi connectivity index (χ4v) is 11.9. The number of fused-ring (bicyclic) bond motifs is 8. The van der Waals surface area contributed by atoms with Crippen LogP contribution in [0.3, 0.4) is 0 Å². The van der Waals surface area contributed by atoms with Gasteiger partial charge in [-0.3, -0.25) is 0 Å². The first-order valence-electron chi connectivity index (χ1n) is 24.6. The number of para-hydroxylation sites is 2. The first-order valence-corrected chi connectivity index (χ1v) is 24.6. The molecule has 2 nitrogen and oxygen atoms in total. The van der Waals surface area contributed by atoms with E-state index in [4.69, 9.17) is 0 Å². The Morgan fingerprint density at radius 2 is 0.873 bits per heavy atom. The molecule has 2 heteroatoms. The molecule has 332 valence electrons. The summed E-state index contributed by atoms with van der Waals surface area (Å²) in [7, 11) is 0. The van der Waals surface area contributed by atoms with E-state index in [9.17, 15) is 0 Å². The standard InChI is InChI=1S/C69H46N2/c1-3-22-53(23-4-1)69(54-24-5-2-6-25-54)63-30-14-11-28-59(63)62-46-56(41-43-64(62)69)71-67-32-16-13-29-60(67)61-42-39-52(45-68(61)71)48-34-36-50(37-35-48)58-27-12-15-31-65(58)70(55-40-38-47-18-7-8-20-51(47)44-55)66-33-17-21-49-19-9-10-26-57(49)66/h1-46H. The average Bonchev–Trinajstić information content (AvgIpc) is 3.94. The maximum Gasteiger partial charge on any atom is 0.0713 e. The van der Waals surface area contributed by atoms with E-state index in [0.29, 0.717) is 0 Å². The number of nitrogens with zero attached hydrogens (tertiary/aromatic N) is 2. The van der Waals surface area contributed by atoms with Crippen molar-refractivity contribution in [2.75, 3.05) is 4.90 Å². The number of rotatable bonds is 8. The highest BCUT2D eigenvalue weighted by Crippen LogP contribution is 2.56. The van der Waals surface area contributed by atoms with Crippen molar-refractivity contribution in [3.63, 3.8) is 0 Å². The molecule has 1 aromatic heterocycles. The first-order chi connectivity index (χ1) is 35.2. The van der Waals surface area contributed by atoms with E-state index in [1.54, 1.807) is 0 Å². The van der Waals surface area contributed by atoms with Crippen molar-refractivity contribution in [3.8, 4) is 39.1 Å². The summed E-state index contributed by atoms with van der Waals surface area (Å²) < 4.78 is 2.47. The highest BCUT2D eigenvalue weighted by molar-refractivity contribution is 6.10. The highest BCUT2D eigenvalue weighted by Gasteiger charge is 2.46. The zero-order valence-electron chi connectivity index (χ0n) is 39.0. The number of anilines is 3. The predicted octanol–water partition coefficient (Wildman–Crippen LogP) is 18.3. The zero-order valence-corrected chi connectivity index (χ0v) is 39.0. The first kappa shape index (κ1) is 40.8. The molecular weight excluding hydrogens is 857 g/mol. The lowest BCUT2D eigenvalue weighted by Crippen LogP contribution is -2.28. The van der Waals surface area contributed by atoms with Crippen molar-refractivity contribution in [2.45, 2.75) is 5.41 Å². The topological polar surface area (TPSA) is 8.17 Å². The van der Waals surface area contributed by atoms with Gasteiger partial charge in [0.15, 0.2) is 0 Å². The third-order valence-electron chi connectivity index (χ3n) is 15.0. The van der Waals surface area contributed by atoms with E-state index in [1.807, 2.05) is 0 Å². The van der Waals surface area contributed by atoms with Gasteiger partial charge in [-0.2, -0.15) is 0 Å². The molecular formula is C69H46N2. The summed E-state index contributed by atoms with van der Waals surface area (Å²) in [6, 6.07) is 103. The van der Waals surface area contributed by atoms with E-state index in [1.165, 1.54) is 87.9 Å². The van der Waals surface area contributed by atoms with Gasteiger partial charge >= 0.3 is 0 Å². The van der Waals surface area contributed by atoms with Gasteiger partial charge in [-0.15, -0.1) is 0 Å². The fourth-order valence-electron chi connectivity index (χ4n) is 11.9. The number of hydrogen-bond acceptors (Lipinski definition) is 1. The molecule has 1 heterocycles. The van der Waals surface area contributed by atoms with Gasteiger partial charge in [0.25, 0.3) is 0 Å². The van der Waals surface area contributed by atoms with Crippen molar-refractivity contribution < 1.29 is 0 Å². The van der Waals surface area contributed by atoms with Crippen molar-refractivity contribution >= 4 is 60.4 Å². The van der Waals surface area contributed by atoms with Gasteiger partial charge in [0.2, 0.25) is 0 Å². The molecule has 0 spiro atoms. The van der Waals surface area contributed by atoms with Crippen molar-refractivity contribution in [3.05, 3.63) is 301 Å². The van der Waals surface area contributed by atoms with Crippen LogP contribution in [0.2, 0.25) is 0 Å². The number of aromatic nitrogens is 1. The van der Waals surface area contributed by atoms with Crippen LogP contribution in [0.4, 0.5) is 17.1 Å². The molecule has 12 aromatic carbocycles. The van der Waals surface area contributed by atoms with Crippen LogP contribution in [-0.2, 0) is 5.41 Å². The number of hydrogen-bond donors (Lipinski definition) is 0. The Labute approximate surface area is 413 Å². The molecule has 0 fully saturated rings. The van der Waals surface area contributed by atoms with Crippen LogP contribution in [0.15, 0.2) is 279 Å². The summed E-state index contributed by atoms with van der Waals surface area (Å²) in [6.07, 6.45) is 0. The molecule has 0 atom stereocenters. The lowest BCUT2D eigenvalue weighted by molar-refractivity contribution is 0.768. The smallest absolute Gasteiger partial charge is 0.0713 e. The molecule has 0 saturated carbocycles. The Morgan fingerprint density at radius 1 is 0.296 bits per heavy atom. The van der Waals surface area contributed by atoms with Crippen LogP contribution in [0.1, 0.15) is 22.3 Å². The summed E-state index contributed by atoms with van der Waals surface area (Å²) >= 11 is 0. The van der Waals surface area contributed by atoms with E-state index < -0.39 is 5.41 Å². The summed E-state index contributed by atoms with van der Waals surface area (Å²) in [5, 5.41) is 7.33. The Kier molecular flexibility index (Phi) is 9.47. The van der Waals surface area contributed by atoms with Crippen LogP contribution in [0.5, 0.6) is 0 Å². The molecule has 0 N–H and O–H groups in total. The van der Waals surface area contributed by atoms with Gasteiger partial charge in [0.05, 0.1) is 27.8 Å². The van der Waals surface area contributed by atoms with Crippen molar-refractivity contribution in [1.82, 2.24) is 4.57 Å². The van der Waals surface area contributed by atoms with Gasteiger partial charge in [0, 0.05) is 33.1 Å². The lowest BCUT2D eigenvalue weighted by atomic mass is 9.68. The molecule has 1 aliphatic rings. The Bertz CT molecular complexity index is 4120. The van der Waals surface area contributed by atoms with Gasteiger partial charge in [-0.05, 0) is 115 Å². The predicted molar refractivity (Wildman–Crippen MR) is 299 cm³/mol. The van der Waals surface area contributed by atoms with E-state index in [0.717, 1.165) is 33.9 Å². The highest BCUT2D eigenvalue weighted by atomic mass is 15.1. The minimum absolute atomic E-state index is 0.446. The van der Waals surface area contributed by atoms with Gasteiger partial charge < -0.3 is 9.47 Å². The van der Waals surface area contributed by atoms with Gasteiger partial charge in [0.1, 0.15) is 0 Å². The molecule has 0 radical (unpaired) electrons. The molecule has 0 aliphatic heterocycles. The Morgan fingerprint density at radius 3 is 1.68 bits per heavy atom. The second-order valence-electron chi connectivity index (χ2n) is 18.8. The quantitative estimate of drug-likeness (QED) is 0.147. The van der Waals surface area contributed by atoms with Crippen LogP contribution < -0.4 is 4.90 Å². The molecule has 71 heavy (non-hydrogen) atoms. The maximum atomic E-state index is 2.47. The molecule has 0 bridgehead atoms. The summed E-state index contributed by atoms with van der Waals surface area (Å²) in [5.74, 6) is 0. The van der Waals surface area contributed by atoms with Crippen LogP contribution in [0.25, 0.3) is 82.4 Å². The minimum Gasteiger partial charge on any atom is -0.309 e. The van der Waals surface area contributed by atoms with Crippen molar-refractivity contribution in [1.29, 1.82) is 0 Å². The van der Waals surface area contributed by atoms with E-state index in [2.05, 4.69) is 289 Å². The molecule has 14 rings (SSSR count). The lowest BCUT2D eigenvalue weighted by Gasteiger charge is -2.33. The Balaban J connectivity index is 0.890. The fraction of sp³-hybridized carbons (Fsp3) is 0.0145. The molecule has 0 unspecified atom stereocenters. The van der Waals surface area contributed by atoms with Crippen molar-refractivity contribution in [2.24, 2.45) is 0 Å². The number of benzene rings is 12. The third-order valence-corrected chi connectivity index (χ3v) is 15.0. The molecule has 0 saturated heterocycles. The maximum absolute atomic E-state index is 2.47. The van der Waals surface area contributed by atoms with Crippen LogP contribution in [-0.4, -0.2) is 4.57 Å². The monoisotopic (exact) mass is 902 g/mol. The molecule has 13 aromatic rings. The molecule has 1 aliphatic carbocycles. The van der Waals surface area contributed by atoms with E-state index in [-0.39, 0.29) is 0 Å². The largest absolute Gasteiger partial charge is 0.309 e. The van der Waals surface area contributed by atoms with Gasteiger partial charge in [-0.1, -0.05) is 231 Å². The Hall–Kier alpha value is -9.24. The zero-order chi connectivity index (χ0) is 46.9. The third kappa shape index (κ3) is 6.42. The SMILES string of the molecule is c1ccc(C2(c3ccccc3)c3ccccc3-c3cc(-n4c5ccccc5c5ccc(-c6ccc(-c7ccccc7N(c7ccc8ccccc8c7)c7cccc8ccccc78)cc6)cc54)ccc32)cc1. The normalized spacial score (nSPS) is 12.6. The van der Waals surface area contributed by atoms with E-state index >= 15 is 0 Å². The minimum atomic E-state index is -0.446. The molecule has 0 amide bonds.